The molecule has 0 saturated heterocycles. The highest BCUT2D eigenvalue weighted by atomic mass is 16.4. The van der Waals surface area contributed by atoms with Gasteiger partial charge in [0.05, 0.1) is 12.7 Å². The van der Waals surface area contributed by atoms with Gasteiger partial charge in [0.25, 0.3) is 0 Å². The number of nitrogens with one attached hydrogen (secondary N) is 1. The van der Waals surface area contributed by atoms with E-state index in [1.807, 2.05) is 6.07 Å². The molecule has 0 radical (unpaired) electrons. The molecule has 4 nitrogen and oxygen atoms in total. The van der Waals surface area contributed by atoms with Crippen LogP contribution in [0.1, 0.15) is 48.2 Å². The first-order chi connectivity index (χ1) is 9.28. The van der Waals surface area contributed by atoms with Gasteiger partial charge in [-0.05, 0) is 17.5 Å². The van der Waals surface area contributed by atoms with Gasteiger partial charge in [0.15, 0.2) is 0 Å². The predicted octanol–water partition coefficient (Wildman–Crippen LogP) is 2.47. The second-order valence-electron chi connectivity index (χ2n) is 4.98. The Hall–Kier alpha value is -1.65. The molecule has 0 spiro atoms. The van der Waals surface area contributed by atoms with E-state index in [1.54, 1.807) is 6.20 Å². The molecule has 1 aromatic carbocycles. The van der Waals surface area contributed by atoms with Gasteiger partial charge in [-0.3, -0.25) is 0 Å². The molecular formula is C15H19N3O. The van der Waals surface area contributed by atoms with Crippen molar-refractivity contribution in [2.24, 2.45) is 5.73 Å². The third-order valence-electron chi connectivity index (χ3n) is 3.71. The zero-order chi connectivity index (χ0) is 13.2. The second kappa shape index (κ2) is 5.15. The van der Waals surface area contributed by atoms with Crippen LogP contribution in [0.4, 0.5) is 0 Å². The van der Waals surface area contributed by atoms with Crippen molar-refractivity contribution in [2.45, 2.75) is 38.4 Å². The van der Waals surface area contributed by atoms with Crippen LogP contribution in [0.3, 0.4) is 0 Å². The number of hydrogen-bond donors (Lipinski definition) is 2. The Bertz CT molecular complexity index is 564. The highest BCUT2D eigenvalue weighted by molar-refractivity contribution is 5.37. The summed E-state index contributed by atoms with van der Waals surface area (Å²) in [6, 6.07) is 8.79. The molecule has 3 rings (SSSR count). The lowest BCUT2D eigenvalue weighted by Gasteiger charge is -2.12. The van der Waals surface area contributed by atoms with Crippen LogP contribution in [0.5, 0.6) is 0 Å². The number of hydrogen-bond acceptors (Lipinski definition) is 4. The minimum atomic E-state index is 0.129. The van der Waals surface area contributed by atoms with E-state index in [0.717, 1.165) is 24.5 Å². The first-order valence-corrected chi connectivity index (χ1v) is 6.79. The van der Waals surface area contributed by atoms with E-state index >= 15 is 0 Å². The summed E-state index contributed by atoms with van der Waals surface area (Å²) in [5, 5.41) is 3.49. The van der Waals surface area contributed by atoms with E-state index in [9.17, 15) is 0 Å². The Morgan fingerprint density at radius 1 is 1.37 bits per heavy atom. The number of fused-ring (bicyclic) bond motifs is 1. The normalized spacial score (nSPS) is 21.6. The standard InChI is InChI=1S/C15H19N3O/c1-2-10-8-18-15(19-10)9-17-14-7-13(16)11-5-3-4-6-12(11)14/h3-6,8,13-14,17H,2,7,9,16H2,1H3. The number of nitrogens with two attached hydrogens (primary N) is 1. The van der Waals surface area contributed by atoms with E-state index in [4.69, 9.17) is 10.2 Å². The lowest BCUT2D eigenvalue weighted by molar-refractivity contribution is 0.410. The maximum atomic E-state index is 6.15. The first-order valence-electron chi connectivity index (χ1n) is 6.79. The quantitative estimate of drug-likeness (QED) is 0.883. The molecule has 1 heterocycles. The molecule has 2 aromatic rings. The first kappa shape index (κ1) is 12.4. The van der Waals surface area contributed by atoms with Crippen LogP contribution < -0.4 is 11.1 Å². The second-order valence-corrected chi connectivity index (χ2v) is 4.98. The molecule has 0 bridgehead atoms. The fraction of sp³-hybridized carbons (Fsp3) is 0.400. The molecule has 0 fully saturated rings. The molecule has 1 aliphatic carbocycles. The number of oxazole rings is 1. The van der Waals surface area contributed by atoms with Crippen LogP contribution in [0, 0.1) is 0 Å². The van der Waals surface area contributed by atoms with E-state index < -0.39 is 0 Å². The van der Waals surface area contributed by atoms with Crippen molar-refractivity contribution in [3.8, 4) is 0 Å². The van der Waals surface area contributed by atoms with Crippen LogP contribution in [0.25, 0.3) is 0 Å². The SMILES string of the molecule is CCc1cnc(CNC2CC(N)c3ccccc32)o1. The number of nitrogens with zero attached hydrogens (tertiary/aromatic N) is 1. The summed E-state index contributed by atoms with van der Waals surface area (Å²) in [4.78, 5) is 4.26. The van der Waals surface area contributed by atoms with Gasteiger partial charge in [0.1, 0.15) is 5.76 Å². The fourth-order valence-corrected chi connectivity index (χ4v) is 2.67. The average molecular weight is 257 g/mol. The molecule has 19 heavy (non-hydrogen) atoms. The van der Waals surface area contributed by atoms with Crippen LogP contribution >= 0.6 is 0 Å². The highest BCUT2D eigenvalue weighted by Gasteiger charge is 2.27. The molecule has 4 heteroatoms. The third-order valence-corrected chi connectivity index (χ3v) is 3.71. The summed E-state index contributed by atoms with van der Waals surface area (Å²) in [5.74, 6) is 1.68. The van der Waals surface area contributed by atoms with Crippen molar-refractivity contribution in [3.05, 3.63) is 53.2 Å². The van der Waals surface area contributed by atoms with Crippen molar-refractivity contribution in [3.63, 3.8) is 0 Å². The number of rotatable bonds is 4. The lowest BCUT2D eigenvalue weighted by atomic mass is 10.1. The number of benzene rings is 1. The van der Waals surface area contributed by atoms with Crippen LogP contribution in [0.15, 0.2) is 34.9 Å². The van der Waals surface area contributed by atoms with Gasteiger partial charge in [-0.15, -0.1) is 0 Å². The number of aryl methyl sites for hydroxylation is 1. The molecule has 0 aliphatic heterocycles. The smallest absolute Gasteiger partial charge is 0.208 e. The molecule has 100 valence electrons. The van der Waals surface area contributed by atoms with E-state index in [-0.39, 0.29) is 6.04 Å². The Labute approximate surface area is 113 Å². The zero-order valence-electron chi connectivity index (χ0n) is 11.1. The summed E-state index contributed by atoms with van der Waals surface area (Å²) >= 11 is 0. The lowest BCUT2D eigenvalue weighted by Crippen LogP contribution is -2.19. The van der Waals surface area contributed by atoms with E-state index in [2.05, 4.69) is 35.4 Å². The Morgan fingerprint density at radius 2 is 2.16 bits per heavy atom. The topological polar surface area (TPSA) is 64.1 Å². The zero-order valence-corrected chi connectivity index (χ0v) is 11.1. The fourth-order valence-electron chi connectivity index (χ4n) is 2.67. The minimum absolute atomic E-state index is 0.129. The molecule has 1 aliphatic rings. The van der Waals surface area contributed by atoms with Crippen molar-refractivity contribution < 1.29 is 4.42 Å². The van der Waals surface area contributed by atoms with E-state index in [0.29, 0.717) is 12.6 Å². The summed E-state index contributed by atoms with van der Waals surface area (Å²) in [5.41, 5.74) is 8.71. The van der Waals surface area contributed by atoms with Gasteiger partial charge < -0.3 is 15.5 Å². The van der Waals surface area contributed by atoms with Crippen molar-refractivity contribution >= 4 is 0 Å². The van der Waals surface area contributed by atoms with Gasteiger partial charge in [0.2, 0.25) is 5.89 Å². The van der Waals surface area contributed by atoms with Gasteiger partial charge in [0, 0.05) is 18.5 Å². The average Bonchev–Trinajstić information content (AvgIpc) is 3.02. The summed E-state index contributed by atoms with van der Waals surface area (Å²) < 4.78 is 5.60. The van der Waals surface area contributed by atoms with Crippen molar-refractivity contribution in [2.75, 3.05) is 0 Å². The van der Waals surface area contributed by atoms with Gasteiger partial charge in [-0.25, -0.2) is 4.98 Å². The molecule has 1 aromatic heterocycles. The Kier molecular flexibility index (Phi) is 3.36. The third kappa shape index (κ3) is 2.41. The van der Waals surface area contributed by atoms with Gasteiger partial charge >= 0.3 is 0 Å². The Morgan fingerprint density at radius 3 is 2.89 bits per heavy atom. The maximum absolute atomic E-state index is 6.15. The van der Waals surface area contributed by atoms with Crippen LogP contribution in [-0.2, 0) is 13.0 Å². The molecular weight excluding hydrogens is 238 g/mol. The van der Waals surface area contributed by atoms with Crippen molar-refractivity contribution in [1.82, 2.24) is 10.3 Å². The van der Waals surface area contributed by atoms with Crippen LogP contribution in [-0.4, -0.2) is 4.98 Å². The van der Waals surface area contributed by atoms with Gasteiger partial charge in [-0.1, -0.05) is 31.2 Å². The highest BCUT2D eigenvalue weighted by Crippen LogP contribution is 2.36. The molecule has 0 saturated carbocycles. The molecule has 3 N–H and O–H groups in total. The summed E-state index contributed by atoms with van der Waals surface area (Å²) in [6.45, 7) is 2.70. The molecule has 2 unspecified atom stereocenters. The number of aromatic nitrogens is 1. The Balaban J connectivity index is 1.68. The largest absolute Gasteiger partial charge is 0.444 e. The van der Waals surface area contributed by atoms with Crippen molar-refractivity contribution in [1.29, 1.82) is 0 Å². The predicted molar refractivity (Wildman–Crippen MR) is 73.4 cm³/mol. The maximum Gasteiger partial charge on any atom is 0.208 e. The van der Waals surface area contributed by atoms with E-state index in [1.165, 1.54) is 11.1 Å². The summed E-state index contributed by atoms with van der Waals surface area (Å²) in [7, 11) is 0. The molecule has 0 amide bonds. The minimum Gasteiger partial charge on any atom is -0.444 e. The summed E-state index contributed by atoms with van der Waals surface area (Å²) in [6.07, 6.45) is 3.61. The van der Waals surface area contributed by atoms with Crippen LogP contribution in [0.2, 0.25) is 0 Å². The molecule has 2 atom stereocenters. The monoisotopic (exact) mass is 257 g/mol. The van der Waals surface area contributed by atoms with Gasteiger partial charge in [-0.2, -0.15) is 0 Å².